The standard InChI is InChI=1S/C11H16S/c1-8-5-9(11(2,3)4)7-10(12)6-8/h5-7,12H,1-4H3. The van der Waals surface area contributed by atoms with Gasteiger partial charge in [-0.3, -0.25) is 0 Å². The SMILES string of the molecule is Cc1cc(S)cc(C(C)(C)C)c1. The van der Waals surface area contributed by atoms with Crippen LogP contribution in [-0.4, -0.2) is 0 Å². The van der Waals surface area contributed by atoms with Crippen LogP contribution >= 0.6 is 12.6 Å². The molecule has 12 heavy (non-hydrogen) atoms. The van der Waals surface area contributed by atoms with E-state index in [-0.39, 0.29) is 5.41 Å². The molecule has 0 spiro atoms. The summed E-state index contributed by atoms with van der Waals surface area (Å²) in [5, 5.41) is 0. The number of hydrogen-bond acceptors (Lipinski definition) is 1. The van der Waals surface area contributed by atoms with Gasteiger partial charge in [0.15, 0.2) is 0 Å². The molecule has 0 heterocycles. The van der Waals surface area contributed by atoms with E-state index in [0.29, 0.717) is 0 Å². The zero-order valence-corrected chi connectivity index (χ0v) is 9.07. The fourth-order valence-electron chi connectivity index (χ4n) is 1.20. The highest BCUT2D eigenvalue weighted by Gasteiger charge is 2.13. The molecular weight excluding hydrogens is 164 g/mol. The van der Waals surface area contributed by atoms with Crippen molar-refractivity contribution >= 4 is 12.6 Å². The summed E-state index contributed by atoms with van der Waals surface area (Å²) in [6.07, 6.45) is 0. The maximum absolute atomic E-state index is 4.36. The van der Waals surface area contributed by atoms with E-state index in [2.05, 4.69) is 58.5 Å². The minimum Gasteiger partial charge on any atom is -0.143 e. The molecule has 0 aliphatic carbocycles. The zero-order valence-electron chi connectivity index (χ0n) is 8.18. The molecule has 0 saturated carbocycles. The van der Waals surface area contributed by atoms with Crippen LogP contribution in [0, 0.1) is 6.92 Å². The smallest absolute Gasteiger partial charge is 0.00455 e. The second-order valence-electron chi connectivity index (χ2n) is 4.31. The summed E-state index contributed by atoms with van der Waals surface area (Å²) in [7, 11) is 0. The Morgan fingerprint density at radius 2 is 1.67 bits per heavy atom. The number of benzene rings is 1. The lowest BCUT2D eigenvalue weighted by molar-refractivity contribution is 0.588. The summed E-state index contributed by atoms with van der Waals surface area (Å²) in [6, 6.07) is 6.44. The fourth-order valence-corrected chi connectivity index (χ4v) is 1.54. The monoisotopic (exact) mass is 180 g/mol. The molecule has 0 amide bonds. The van der Waals surface area contributed by atoms with Gasteiger partial charge in [-0.1, -0.05) is 26.8 Å². The molecule has 0 aliphatic rings. The van der Waals surface area contributed by atoms with Gasteiger partial charge in [0, 0.05) is 4.90 Å². The molecule has 0 fully saturated rings. The van der Waals surface area contributed by atoms with Gasteiger partial charge < -0.3 is 0 Å². The van der Waals surface area contributed by atoms with Crippen LogP contribution in [0.5, 0.6) is 0 Å². The van der Waals surface area contributed by atoms with E-state index in [1.807, 2.05) is 0 Å². The molecule has 0 saturated heterocycles. The molecule has 0 bridgehead atoms. The van der Waals surface area contributed by atoms with Crippen LogP contribution in [-0.2, 0) is 5.41 Å². The third kappa shape index (κ3) is 2.28. The molecule has 66 valence electrons. The predicted octanol–water partition coefficient (Wildman–Crippen LogP) is 3.58. The summed E-state index contributed by atoms with van der Waals surface area (Å²) < 4.78 is 0. The Labute approximate surface area is 80.4 Å². The van der Waals surface area contributed by atoms with E-state index in [1.54, 1.807) is 0 Å². The van der Waals surface area contributed by atoms with Gasteiger partial charge >= 0.3 is 0 Å². The molecule has 1 rings (SSSR count). The Kier molecular flexibility index (Phi) is 2.52. The van der Waals surface area contributed by atoms with Crippen LogP contribution in [0.3, 0.4) is 0 Å². The second-order valence-corrected chi connectivity index (χ2v) is 4.82. The summed E-state index contributed by atoms with van der Waals surface area (Å²) in [6.45, 7) is 8.76. The van der Waals surface area contributed by atoms with Crippen molar-refractivity contribution in [3.8, 4) is 0 Å². The first-order valence-corrected chi connectivity index (χ1v) is 4.65. The largest absolute Gasteiger partial charge is 0.143 e. The molecule has 0 unspecified atom stereocenters. The van der Waals surface area contributed by atoms with Crippen LogP contribution < -0.4 is 0 Å². The van der Waals surface area contributed by atoms with Crippen LogP contribution in [0.1, 0.15) is 31.9 Å². The van der Waals surface area contributed by atoms with Crippen LogP contribution in [0.4, 0.5) is 0 Å². The highest BCUT2D eigenvalue weighted by Crippen LogP contribution is 2.25. The Bertz CT molecular complexity index is 261. The molecule has 1 aromatic rings. The number of aryl methyl sites for hydroxylation is 1. The molecule has 1 aromatic carbocycles. The average molecular weight is 180 g/mol. The van der Waals surface area contributed by atoms with Crippen molar-refractivity contribution in [2.75, 3.05) is 0 Å². The zero-order chi connectivity index (χ0) is 9.35. The summed E-state index contributed by atoms with van der Waals surface area (Å²) >= 11 is 4.36. The molecule has 0 nitrogen and oxygen atoms in total. The van der Waals surface area contributed by atoms with Crippen LogP contribution in [0.2, 0.25) is 0 Å². The quantitative estimate of drug-likeness (QED) is 0.580. The first-order valence-electron chi connectivity index (χ1n) is 4.21. The van der Waals surface area contributed by atoms with Crippen LogP contribution in [0.15, 0.2) is 23.1 Å². The molecule has 1 heteroatoms. The summed E-state index contributed by atoms with van der Waals surface area (Å²) in [5.74, 6) is 0. The Hall–Kier alpha value is -0.430. The molecule has 0 aliphatic heterocycles. The third-order valence-electron chi connectivity index (χ3n) is 1.93. The van der Waals surface area contributed by atoms with Gasteiger partial charge in [-0.05, 0) is 35.6 Å². The van der Waals surface area contributed by atoms with Crippen molar-refractivity contribution in [2.24, 2.45) is 0 Å². The van der Waals surface area contributed by atoms with Gasteiger partial charge in [0.25, 0.3) is 0 Å². The van der Waals surface area contributed by atoms with E-state index < -0.39 is 0 Å². The molecule has 0 N–H and O–H groups in total. The maximum atomic E-state index is 4.36. The van der Waals surface area contributed by atoms with Crippen molar-refractivity contribution in [2.45, 2.75) is 38.0 Å². The van der Waals surface area contributed by atoms with Gasteiger partial charge in [0.2, 0.25) is 0 Å². The lowest BCUT2D eigenvalue weighted by Crippen LogP contribution is -2.11. The second kappa shape index (κ2) is 3.14. The minimum atomic E-state index is 0.226. The number of thiol groups is 1. The van der Waals surface area contributed by atoms with E-state index in [9.17, 15) is 0 Å². The first kappa shape index (κ1) is 9.66. The van der Waals surface area contributed by atoms with Gasteiger partial charge in [0.1, 0.15) is 0 Å². The van der Waals surface area contributed by atoms with E-state index >= 15 is 0 Å². The van der Waals surface area contributed by atoms with E-state index in [0.717, 1.165) is 4.90 Å². The fraction of sp³-hybridized carbons (Fsp3) is 0.455. The van der Waals surface area contributed by atoms with E-state index in [4.69, 9.17) is 0 Å². The lowest BCUT2D eigenvalue weighted by Gasteiger charge is -2.19. The average Bonchev–Trinajstić information content (AvgIpc) is 1.82. The van der Waals surface area contributed by atoms with Gasteiger partial charge in [0.05, 0.1) is 0 Å². The van der Waals surface area contributed by atoms with Crippen molar-refractivity contribution in [3.63, 3.8) is 0 Å². The molecule has 0 radical (unpaired) electrons. The van der Waals surface area contributed by atoms with Gasteiger partial charge in [-0.2, -0.15) is 0 Å². The Balaban J connectivity index is 3.18. The van der Waals surface area contributed by atoms with Gasteiger partial charge in [-0.15, -0.1) is 12.6 Å². The van der Waals surface area contributed by atoms with Gasteiger partial charge in [-0.25, -0.2) is 0 Å². The topological polar surface area (TPSA) is 0 Å². The van der Waals surface area contributed by atoms with Crippen LogP contribution in [0.25, 0.3) is 0 Å². The maximum Gasteiger partial charge on any atom is 0.00455 e. The Morgan fingerprint density at radius 1 is 1.08 bits per heavy atom. The predicted molar refractivity (Wildman–Crippen MR) is 57.1 cm³/mol. The molecule has 0 aromatic heterocycles. The molecule has 0 atom stereocenters. The summed E-state index contributed by atoms with van der Waals surface area (Å²) in [4.78, 5) is 1.06. The summed E-state index contributed by atoms with van der Waals surface area (Å²) in [5.41, 5.74) is 2.86. The van der Waals surface area contributed by atoms with Crippen molar-refractivity contribution < 1.29 is 0 Å². The molecular formula is C11H16S. The van der Waals surface area contributed by atoms with Crippen molar-refractivity contribution in [3.05, 3.63) is 29.3 Å². The lowest BCUT2D eigenvalue weighted by atomic mass is 9.86. The third-order valence-corrected chi connectivity index (χ3v) is 2.19. The number of hydrogen-bond donors (Lipinski definition) is 1. The first-order chi connectivity index (χ1) is 5.39. The van der Waals surface area contributed by atoms with E-state index in [1.165, 1.54) is 11.1 Å². The normalized spacial score (nSPS) is 11.8. The Morgan fingerprint density at radius 3 is 2.08 bits per heavy atom. The van der Waals surface area contributed by atoms with Crippen molar-refractivity contribution in [1.82, 2.24) is 0 Å². The van der Waals surface area contributed by atoms with Crippen molar-refractivity contribution in [1.29, 1.82) is 0 Å². The number of rotatable bonds is 0. The highest BCUT2D eigenvalue weighted by atomic mass is 32.1. The highest BCUT2D eigenvalue weighted by molar-refractivity contribution is 7.80. The minimum absolute atomic E-state index is 0.226.